The minimum atomic E-state index is 0.649. The van der Waals surface area contributed by atoms with E-state index < -0.39 is 0 Å². The average molecular weight is 228 g/mol. The van der Waals surface area contributed by atoms with Crippen molar-refractivity contribution in [1.29, 1.82) is 0 Å². The fraction of sp³-hybridized carbons (Fsp3) is 0.154. The number of nitrogen functional groups attached to an aromatic ring is 1. The van der Waals surface area contributed by atoms with Gasteiger partial charge in [0.25, 0.3) is 0 Å². The molecule has 0 aliphatic rings. The minimum absolute atomic E-state index is 0.649. The van der Waals surface area contributed by atoms with Crippen molar-refractivity contribution < 1.29 is 8.83 Å². The smallest absolute Gasteiger partial charge is 0.196 e. The average Bonchev–Trinajstić information content (AvgIpc) is 2.95. The molecule has 0 aliphatic heterocycles. The summed E-state index contributed by atoms with van der Waals surface area (Å²) in [6.07, 6.45) is 3.15. The lowest BCUT2D eigenvalue weighted by atomic mass is 10.2. The maximum Gasteiger partial charge on any atom is 0.196 e. The van der Waals surface area contributed by atoms with E-state index in [0.717, 1.165) is 23.3 Å². The molecule has 0 saturated heterocycles. The molecule has 0 amide bonds. The fourth-order valence-corrected chi connectivity index (χ4v) is 1.81. The molecule has 0 radical (unpaired) electrons. The summed E-state index contributed by atoms with van der Waals surface area (Å²) in [6.45, 7) is 0. The van der Waals surface area contributed by atoms with Crippen molar-refractivity contribution in [2.45, 2.75) is 12.8 Å². The Morgan fingerprint density at radius 1 is 1.12 bits per heavy atom. The lowest BCUT2D eigenvalue weighted by Crippen LogP contribution is -1.90. The van der Waals surface area contributed by atoms with Crippen molar-refractivity contribution in [2.24, 2.45) is 0 Å². The number of para-hydroxylation sites is 1. The zero-order valence-electron chi connectivity index (χ0n) is 9.22. The molecular formula is C13H12N2O2. The first-order chi connectivity index (χ1) is 8.33. The molecule has 3 aromatic rings. The summed E-state index contributed by atoms with van der Waals surface area (Å²) in [7, 11) is 0. The topological polar surface area (TPSA) is 65.2 Å². The van der Waals surface area contributed by atoms with Crippen molar-refractivity contribution in [3.8, 4) is 0 Å². The second kappa shape index (κ2) is 3.97. The highest BCUT2D eigenvalue weighted by atomic mass is 16.3. The van der Waals surface area contributed by atoms with Gasteiger partial charge in [-0.1, -0.05) is 6.07 Å². The second-order valence-electron chi connectivity index (χ2n) is 3.88. The third-order valence-electron chi connectivity index (χ3n) is 2.66. The SMILES string of the molecule is Nc1cccc2oc(CCc3ccco3)nc12. The van der Waals surface area contributed by atoms with Gasteiger partial charge in [-0.3, -0.25) is 0 Å². The van der Waals surface area contributed by atoms with Crippen molar-refractivity contribution in [2.75, 3.05) is 5.73 Å². The molecule has 86 valence electrons. The van der Waals surface area contributed by atoms with E-state index in [2.05, 4.69) is 4.98 Å². The van der Waals surface area contributed by atoms with Crippen LogP contribution in [0, 0.1) is 0 Å². The molecule has 4 nitrogen and oxygen atoms in total. The van der Waals surface area contributed by atoms with Crippen molar-refractivity contribution >= 4 is 16.8 Å². The maximum atomic E-state index is 5.82. The number of nitrogens with two attached hydrogens (primary N) is 1. The van der Waals surface area contributed by atoms with Crippen LogP contribution in [0.2, 0.25) is 0 Å². The number of hydrogen-bond acceptors (Lipinski definition) is 4. The van der Waals surface area contributed by atoms with E-state index in [-0.39, 0.29) is 0 Å². The van der Waals surface area contributed by atoms with E-state index in [4.69, 9.17) is 14.6 Å². The Balaban J connectivity index is 1.84. The summed E-state index contributed by atoms with van der Waals surface area (Å²) in [6, 6.07) is 9.37. The molecule has 2 N–H and O–H groups in total. The predicted molar refractivity (Wildman–Crippen MR) is 64.5 cm³/mol. The van der Waals surface area contributed by atoms with Gasteiger partial charge in [0, 0.05) is 12.8 Å². The zero-order chi connectivity index (χ0) is 11.7. The summed E-state index contributed by atoms with van der Waals surface area (Å²) in [5.74, 6) is 1.62. The Labute approximate surface area is 98.0 Å². The van der Waals surface area contributed by atoms with E-state index in [1.165, 1.54) is 0 Å². The van der Waals surface area contributed by atoms with Crippen LogP contribution in [0.15, 0.2) is 45.4 Å². The lowest BCUT2D eigenvalue weighted by Gasteiger charge is -1.91. The van der Waals surface area contributed by atoms with Gasteiger partial charge in [0.15, 0.2) is 11.5 Å². The number of fused-ring (bicyclic) bond motifs is 1. The predicted octanol–water partition coefficient (Wildman–Crippen LogP) is 2.79. The van der Waals surface area contributed by atoms with Crippen LogP contribution in [-0.4, -0.2) is 4.98 Å². The second-order valence-corrected chi connectivity index (χ2v) is 3.88. The summed E-state index contributed by atoms with van der Waals surface area (Å²) < 4.78 is 10.9. The van der Waals surface area contributed by atoms with E-state index in [1.807, 2.05) is 30.3 Å². The molecular weight excluding hydrogens is 216 g/mol. The first-order valence-corrected chi connectivity index (χ1v) is 5.49. The number of nitrogens with zero attached hydrogens (tertiary/aromatic N) is 1. The van der Waals surface area contributed by atoms with Crippen LogP contribution >= 0.6 is 0 Å². The third kappa shape index (κ3) is 1.89. The maximum absolute atomic E-state index is 5.82. The summed E-state index contributed by atoms with van der Waals surface area (Å²) in [5.41, 5.74) is 7.94. The number of anilines is 1. The highest BCUT2D eigenvalue weighted by molar-refractivity contribution is 5.85. The van der Waals surface area contributed by atoms with Gasteiger partial charge in [-0.25, -0.2) is 4.98 Å². The minimum Gasteiger partial charge on any atom is -0.469 e. The van der Waals surface area contributed by atoms with Gasteiger partial charge in [0.05, 0.1) is 12.0 Å². The number of aromatic nitrogens is 1. The van der Waals surface area contributed by atoms with Crippen LogP contribution < -0.4 is 5.73 Å². The van der Waals surface area contributed by atoms with E-state index in [1.54, 1.807) is 6.26 Å². The normalized spacial score (nSPS) is 11.1. The quantitative estimate of drug-likeness (QED) is 0.700. The van der Waals surface area contributed by atoms with Crippen LogP contribution in [0.1, 0.15) is 11.7 Å². The standard InChI is InChI=1S/C13H12N2O2/c14-10-4-1-5-11-13(10)15-12(17-11)7-6-9-3-2-8-16-9/h1-5,8H,6-7,14H2. The summed E-state index contributed by atoms with van der Waals surface area (Å²) in [4.78, 5) is 4.38. The van der Waals surface area contributed by atoms with Crippen LogP contribution in [-0.2, 0) is 12.8 Å². The number of rotatable bonds is 3. The van der Waals surface area contributed by atoms with E-state index >= 15 is 0 Å². The fourth-order valence-electron chi connectivity index (χ4n) is 1.81. The van der Waals surface area contributed by atoms with Crippen LogP contribution in [0.25, 0.3) is 11.1 Å². The molecule has 0 atom stereocenters. The van der Waals surface area contributed by atoms with Gasteiger partial charge in [-0.15, -0.1) is 0 Å². The van der Waals surface area contributed by atoms with Crippen molar-refractivity contribution in [3.05, 3.63) is 48.2 Å². The Hall–Kier alpha value is -2.23. The van der Waals surface area contributed by atoms with E-state index in [9.17, 15) is 0 Å². The first-order valence-electron chi connectivity index (χ1n) is 5.49. The number of furan rings is 1. The van der Waals surface area contributed by atoms with Crippen LogP contribution in [0.3, 0.4) is 0 Å². The largest absolute Gasteiger partial charge is 0.469 e. The molecule has 0 fully saturated rings. The van der Waals surface area contributed by atoms with Gasteiger partial charge < -0.3 is 14.6 Å². The highest BCUT2D eigenvalue weighted by Gasteiger charge is 2.08. The molecule has 0 unspecified atom stereocenters. The Kier molecular flexibility index (Phi) is 2.33. The number of benzene rings is 1. The first kappa shape index (κ1) is 9.96. The molecule has 3 rings (SSSR count). The zero-order valence-corrected chi connectivity index (χ0v) is 9.22. The summed E-state index contributed by atoms with van der Waals surface area (Å²) in [5, 5.41) is 0. The summed E-state index contributed by atoms with van der Waals surface area (Å²) >= 11 is 0. The number of oxazole rings is 1. The van der Waals surface area contributed by atoms with E-state index in [0.29, 0.717) is 18.0 Å². The lowest BCUT2D eigenvalue weighted by molar-refractivity contribution is 0.480. The monoisotopic (exact) mass is 228 g/mol. The Morgan fingerprint density at radius 2 is 2.06 bits per heavy atom. The van der Waals surface area contributed by atoms with Crippen LogP contribution in [0.5, 0.6) is 0 Å². The van der Waals surface area contributed by atoms with Crippen molar-refractivity contribution in [3.63, 3.8) is 0 Å². The van der Waals surface area contributed by atoms with Gasteiger partial charge >= 0.3 is 0 Å². The molecule has 1 aromatic carbocycles. The molecule has 0 bridgehead atoms. The number of hydrogen-bond donors (Lipinski definition) is 1. The number of aryl methyl sites for hydroxylation is 2. The van der Waals surface area contributed by atoms with Crippen molar-refractivity contribution in [1.82, 2.24) is 4.98 Å². The molecule has 2 aromatic heterocycles. The highest BCUT2D eigenvalue weighted by Crippen LogP contribution is 2.21. The Bertz CT molecular complexity index is 626. The van der Waals surface area contributed by atoms with Crippen LogP contribution in [0.4, 0.5) is 5.69 Å². The molecule has 4 heteroatoms. The van der Waals surface area contributed by atoms with Gasteiger partial charge in [-0.05, 0) is 24.3 Å². The molecule has 2 heterocycles. The van der Waals surface area contributed by atoms with Gasteiger partial charge in [0.2, 0.25) is 0 Å². The molecule has 0 aliphatic carbocycles. The molecule has 0 spiro atoms. The molecule has 0 saturated carbocycles. The molecule has 17 heavy (non-hydrogen) atoms. The Morgan fingerprint density at radius 3 is 2.82 bits per heavy atom. The third-order valence-corrected chi connectivity index (χ3v) is 2.66. The van der Waals surface area contributed by atoms with Gasteiger partial charge in [-0.2, -0.15) is 0 Å². The van der Waals surface area contributed by atoms with Gasteiger partial charge in [0.1, 0.15) is 11.3 Å².